The fraction of sp³-hybridized carbons (Fsp3) is 0.385. The van der Waals surface area contributed by atoms with E-state index in [-0.39, 0.29) is 37.7 Å². The third-order valence-electron chi connectivity index (χ3n) is 3.43. The molecule has 2 amide bonds. The van der Waals surface area contributed by atoms with Gasteiger partial charge in [-0.3, -0.25) is 19.1 Å². The minimum Gasteiger partial charge on any atom is -0.448 e. The molecule has 1 saturated heterocycles. The van der Waals surface area contributed by atoms with Crippen LogP contribution in [0.4, 0.5) is 4.79 Å². The SMILES string of the molecule is O=C(CN1CCOC1=O)NCCn1c(=O)[nH]c2ccsc2c1=O. The molecule has 3 heterocycles. The zero-order valence-corrected chi connectivity index (χ0v) is 12.9. The van der Waals surface area contributed by atoms with Crippen molar-refractivity contribution in [3.63, 3.8) is 0 Å². The van der Waals surface area contributed by atoms with E-state index in [1.165, 1.54) is 16.2 Å². The molecule has 0 spiro atoms. The van der Waals surface area contributed by atoms with E-state index in [2.05, 4.69) is 10.3 Å². The molecule has 3 rings (SSSR count). The van der Waals surface area contributed by atoms with Crippen molar-refractivity contribution in [1.29, 1.82) is 0 Å². The normalized spacial score (nSPS) is 14.3. The lowest BCUT2D eigenvalue weighted by Gasteiger charge is -2.12. The molecule has 2 aromatic rings. The summed E-state index contributed by atoms with van der Waals surface area (Å²) in [5, 5.41) is 4.30. The number of aromatic amines is 1. The summed E-state index contributed by atoms with van der Waals surface area (Å²) < 4.78 is 6.24. The fourth-order valence-corrected chi connectivity index (χ4v) is 3.08. The van der Waals surface area contributed by atoms with Crippen LogP contribution in [0.15, 0.2) is 21.0 Å². The minimum absolute atomic E-state index is 0.0538. The van der Waals surface area contributed by atoms with Crippen molar-refractivity contribution in [1.82, 2.24) is 19.8 Å². The predicted molar refractivity (Wildman–Crippen MR) is 82.6 cm³/mol. The van der Waals surface area contributed by atoms with E-state index in [0.29, 0.717) is 16.8 Å². The predicted octanol–water partition coefficient (Wildman–Crippen LogP) is -0.680. The Morgan fingerprint density at radius 2 is 2.22 bits per heavy atom. The number of rotatable bonds is 5. The van der Waals surface area contributed by atoms with Gasteiger partial charge >= 0.3 is 11.8 Å². The van der Waals surface area contributed by atoms with Crippen LogP contribution in [0.2, 0.25) is 0 Å². The highest BCUT2D eigenvalue weighted by Crippen LogP contribution is 2.11. The molecule has 0 aliphatic carbocycles. The summed E-state index contributed by atoms with van der Waals surface area (Å²) in [5.74, 6) is -0.370. The Hall–Kier alpha value is -2.62. The Kier molecular flexibility index (Phi) is 4.15. The first-order valence-electron chi connectivity index (χ1n) is 6.95. The van der Waals surface area contributed by atoms with Crippen LogP contribution in [0.5, 0.6) is 0 Å². The lowest BCUT2D eigenvalue weighted by molar-refractivity contribution is -0.121. The van der Waals surface area contributed by atoms with Gasteiger partial charge in [-0.05, 0) is 11.4 Å². The number of H-pyrrole nitrogens is 1. The summed E-state index contributed by atoms with van der Waals surface area (Å²) in [5.41, 5.74) is -0.382. The first-order chi connectivity index (χ1) is 11.1. The maximum atomic E-state index is 12.2. The van der Waals surface area contributed by atoms with Gasteiger partial charge in [-0.15, -0.1) is 11.3 Å². The van der Waals surface area contributed by atoms with Crippen molar-refractivity contribution in [3.8, 4) is 0 Å². The van der Waals surface area contributed by atoms with E-state index in [9.17, 15) is 19.2 Å². The van der Waals surface area contributed by atoms with Crippen LogP contribution in [0, 0.1) is 0 Å². The van der Waals surface area contributed by atoms with Crippen LogP contribution >= 0.6 is 11.3 Å². The Morgan fingerprint density at radius 1 is 1.39 bits per heavy atom. The molecular formula is C13H14N4O5S. The Labute approximate surface area is 133 Å². The van der Waals surface area contributed by atoms with Gasteiger partial charge in [0.25, 0.3) is 5.56 Å². The number of hydrogen-bond donors (Lipinski definition) is 2. The number of carbonyl (C=O) groups excluding carboxylic acids is 2. The molecule has 0 atom stereocenters. The molecule has 23 heavy (non-hydrogen) atoms. The molecule has 0 bridgehead atoms. The maximum Gasteiger partial charge on any atom is 0.410 e. The van der Waals surface area contributed by atoms with Gasteiger partial charge in [0.15, 0.2) is 0 Å². The highest BCUT2D eigenvalue weighted by Gasteiger charge is 2.23. The summed E-state index contributed by atoms with van der Waals surface area (Å²) in [7, 11) is 0. The maximum absolute atomic E-state index is 12.2. The molecular weight excluding hydrogens is 324 g/mol. The van der Waals surface area contributed by atoms with Gasteiger partial charge in [0.05, 0.1) is 12.1 Å². The molecule has 1 aliphatic heterocycles. The van der Waals surface area contributed by atoms with Crippen molar-refractivity contribution in [2.75, 3.05) is 26.2 Å². The number of cyclic esters (lactones) is 1. The van der Waals surface area contributed by atoms with Gasteiger partial charge in [0.1, 0.15) is 17.9 Å². The van der Waals surface area contributed by atoms with Crippen molar-refractivity contribution in [2.24, 2.45) is 0 Å². The average Bonchev–Trinajstić information content (AvgIpc) is 3.12. The standard InChI is InChI=1S/C13H14N4O5S/c18-9(7-16-4-5-22-13(16)21)14-2-3-17-11(19)10-8(1-6-23-10)15-12(17)20/h1,6H,2-5,7H2,(H,14,18)(H,15,20). The molecule has 0 saturated carbocycles. The fourth-order valence-electron chi connectivity index (χ4n) is 2.28. The van der Waals surface area contributed by atoms with Gasteiger partial charge in [0, 0.05) is 13.1 Å². The molecule has 2 aromatic heterocycles. The van der Waals surface area contributed by atoms with Gasteiger partial charge in [0.2, 0.25) is 5.91 Å². The van der Waals surface area contributed by atoms with E-state index in [0.717, 1.165) is 4.57 Å². The second kappa shape index (κ2) is 6.24. The van der Waals surface area contributed by atoms with Gasteiger partial charge in [-0.1, -0.05) is 0 Å². The number of thiophene rings is 1. The number of aromatic nitrogens is 2. The van der Waals surface area contributed by atoms with Crippen LogP contribution in [0.3, 0.4) is 0 Å². The van der Waals surface area contributed by atoms with Crippen LogP contribution in [0.25, 0.3) is 10.2 Å². The molecule has 1 fully saturated rings. The van der Waals surface area contributed by atoms with Crippen molar-refractivity contribution in [3.05, 3.63) is 32.3 Å². The van der Waals surface area contributed by atoms with Crippen LogP contribution in [-0.2, 0) is 16.1 Å². The highest BCUT2D eigenvalue weighted by molar-refractivity contribution is 7.17. The number of amides is 2. The average molecular weight is 338 g/mol. The third kappa shape index (κ3) is 3.11. The minimum atomic E-state index is -0.518. The van der Waals surface area contributed by atoms with E-state index in [1.807, 2.05) is 0 Å². The lowest BCUT2D eigenvalue weighted by Crippen LogP contribution is -2.41. The monoisotopic (exact) mass is 338 g/mol. The number of nitrogens with one attached hydrogen (secondary N) is 2. The van der Waals surface area contributed by atoms with Crippen LogP contribution in [0.1, 0.15) is 0 Å². The first-order valence-corrected chi connectivity index (χ1v) is 7.83. The topological polar surface area (TPSA) is 114 Å². The molecule has 122 valence electrons. The van der Waals surface area contributed by atoms with Crippen LogP contribution in [-0.4, -0.2) is 52.7 Å². The number of hydrogen-bond acceptors (Lipinski definition) is 6. The van der Waals surface area contributed by atoms with E-state index < -0.39 is 11.8 Å². The largest absolute Gasteiger partial charge is 0.448 e. The number of carbonyl (C=O) groups is 2. The summed E-state index contributed by atoms with van der Waals surface area (Å²) in [6.45, 7) is 0.714. The van der Waals surface area contributed by atoms with E-state index in [1.54, 1.807) is 11.4 Å². The Morgan fingerprint density at radius 3 is 2.96 bits per heavy atom. The molecule has 1 aliphatic rings. The van der Waals surface area contributed by atoms with E-state index >= 15 is 0 Å². The zero-order chi connectivity index (χ0) is 16.4. The Balaban J connectivity index is 1.60. The number of nitrogens with zero attached hydrogens (tertiary/aromatic N) is 2. The quantitative estimate of drug-likeness (QED) is 0.750. The molecule has 2 N–H and O–H groups in total. The second-order valence-corrected chi connectivity index (χ2v) is 5.85. The van der Waals surface area contributed by atoms with Crippen molar-refractivity contribution >= 4 is 33.6 Å². The Bertz CT molecular complexity index is 867. The second-order valence-electron chi connectivity index (χ2n) is 4.94. The first kappa shape index (κ1) is 15.3. The zero-order valence-electron chi connectivity index (χ0n) is 12.0. The smallest absolute Gasteiger partial charge is 0.410 e. The number of ether oxygens (including phenoxy) is 1. The summed E-state index contributed by atoms with van der Waals surface area (Å²) in [6.07, 6.45) is -0.518. The van der Waals surface area contributed by atoms with Gasteiger partial charge < -0.3 is 15.0 Å². The van der Waals surface area contributed by atoms with Gasteiger partial charge in [-0.2, -0.15) is 0 Å². The lowest BCUT2D eigenvalue weighted by atomic mass is 10.4. The summed E-state index contributed by atoms with van der Waals surface area (Å²) in [4.78, 5) is 50.9. The molecule has 0 radical (unpaired) electrons. The molecule has 0 unspecified atom stereocenters. The summed E-state index contributed by atoms with van der Waals surface area (Å²) >= 11 is 1.25. The molecule has 9 nitrogen and oxygen atoms in total. The van der Waals surface area contributed by atoms with Gasteiger partial charge in [-0.25, -0.2) is 9.59 Å². The highest BCUT2D eigenvalue weighted by atomic mass is 32.1. The van der Waals surface area contributed by atoms with Crippen molar-refractivity contribution < 1.29 is 14.3 Å². The third-order valence-corrected chi connectivity index (χ3v) is 4.33. The molecule has 10 heteroatoms. The summed E-state index contributed by atoms with van der Waals surface area (Å²) in [6, 6.07) is 1.67. The molecule has 0 aromatic carbocycles. The van der Waals surface area contributed by atoms with Crippen molar-refractivity contribution in [2.45, 2.75) is 6.54 Å². The number of fused-ring (bicyclic) bond motifs is 1. The van der Waals surface area contributed by atoms with Crippen LogP contribution < -0.4 is 16.6 Å². The van der Waals surface area contributed by atoms with E-state index in [4.69, 9.17) is 4.74 Å².